The molecule has 6 nitrogen and oxygen atoms in total. The monoisotopic (exact) mass is 155 g/mol. The summed E-state index contributed by atoms with van der Waals surface area (Å²) < 4.78 is 0. The van der Waals surface area contributed by atoms with E-state index >= 15 is 0 Å². The molecule has 0 aliphatic heterocycles. The van der Waals surface area contributed by atoms with E-state index in [2.05, 4.69) is 9.97 Å². The molecule has 58 valence electrons. The maximum Gasteiger partial charge on any atom is 0.354 e. The van der Waals surface area contributed by atoms with E-state index in [9.17, 15) is 14.9 Å². The van der Waals surface area contributed by atoms with Crippen LogP contribution in [-0.2, 0) is 0 Å². The number of aromatic nitrogens is 2. The van der Waals surface area contributed by atoms with Crippen molar-refractivity contribution in [2.24, 2.45) is 0 Å². The van der Waals surface area contributed by atoms with E-state index in [0.717, 1.165) is 6.33 Å². The molecule has 0 aliphatic rings. The molecule has 0 saturated carbocycles. The number of nitrogens with zero attached hydrogens (tertiary/aromatic N) is 2. The number of aryl methyl sites for hydroxylation is 1. The molecule has 0 amide bonds. The first-order valence-corrected chi connectivity index (χ1v) is 2.81. The number of hydrogen-bond donors (Lipinski definition) is 1. The highest BCUT2D eigenvalue weighted by Gasteiger charge is 2.15. The van der Waals surface area contributed by atoms with Crippen LogP contribution in [0.25, 0.3) is 0 Å². The highest BCUT2D eigenvalue weighted by molar-refractivity contribution is 5.29. The van der Waals surface area contributed by atoms with Crippen molar-refractivity contribution in [3.05, 3.63) is 32.5 Å². The fourth-order valence-electron chi connectivity index (χ4n) is 0.697. The molecule has 1 N–H and O–H groups in total. The van der Waals surface area contributed by atoms with Gasteiger partial charge in [-0.2, -0.15) is 0 Å². The standard InChI is InChI=1S/C5H5N3O3/c1-3-4(8(10)11)5(9)7-2-6-3/h2H,1H3,(H,6,7,9). The summed E-state index contributed by atoms with van der Waals surface area (Å²) in [6.07, 6.45) is 1.13. The Morgan fingerprint density at radius 3 is 2.73 bits per heavy atom. The molecule has 0 spiro atoms. The first-order valence-electron chi connectivity index (χ1n) is 2.81. The van der Waals surface area contributed by atoms with Gasteiger partial charge in [0.2, 0.25) is 0 Å². The Morgan fingerprint density at radius 2 is 2.36 bits per heavy atom. The van der Waals surface area contributed by atoms with Crippen LogP contribution in [0.2, 0.25) is 0 Å². The van der Waals surface area contributed by atoms with Crippen molar-refractivity contribution in [3.8, 4) is 0 Å². The van der Waals surface area contributed by atoms with Crippen LogP contribution in [0, 0.1) is 17.0 Å². The Bertz CT molecular complexity index is 343. The lowest BCUT2D eigenvalue weighted by Gasteiger charge is -1.91. The fraction of sp³-hybridized carbons (Fsp3) is 0.200. The minimum atomic E-state index is -0.749. The van der Waals surface area contributed by atoms with Crippen molar-refractivity contribution in [1.29, 1.82) is 0 Å². The minimum absolute atomic E-state index is 0.124. The van der Waals surface area contributed by atoms with Gasteiger partial charge in [-0.05, 0) is 6.92 Å². The number of aromatic amines is 1. The topological polar surface area (TPSA) is 88.9 Å². The van der Waals surface area contributed by atoms with Crippen molar-refractivity contribution in [2.75, 3.05) is 0 Å². The summed E-state index contributed by atoms with van der Waals surface area (Å²) in [5, 5.41) is 10.2. The van der Waals surface area contributed by atoms with Crippen LogP contribution in [0.4, 0.5) is 5.69 Å². The van der Waals surface area contributed by atoms with Gasteiger partial charge in [-0.3, -0.25) is 14.9 Å². The highest BCUT2D eigenvalue weighted by Crippen LogP contribution is 2.05. The average molecular weight is 155 g/mol. The zero-order chi connectivity index (χ0) is 8.43. The Labute approximate surface area is 61.1 Å². The van der Waals surface area contributed by atoms with E-state index in [1.807, 2.05) is 0 Å². The van der Waals surface area contributed by atoms with Gasteiger partial charge < -0.3 is 4.98 Å². The van der Waals surface area contributed by atoms with Gasteiger partial charge in [0.05, 0.1) is 11.3 Å². The van der Waals surface area contributed by atoms with E-state index in [0.29, 0.717) is 0 Å². The number of nitrogens with one attached hydrogen (secondary N) is 1. The molecule has 1 aromatic heterocycles. The molecule has 11 heavy (non-hydrogen) atoms. The zero-order valence-corrected chi connectivity index (χ0v) is 5.70. The summed E-state index contributed by atoms with van der Waals surface area (Å²) >= 11 is 0. The normalized spacial score (nSPS) is 9.55. The molecule has 0 radical (unpaired) electrons. The van der Waals surface area contributed by atoms with Gasteiger partial charge in [-0.25, -0.2) is 4.98 Å². The van der Waals surface area contributed by atoms with Crippen molar-refractivity contribution in [1.82, 2.24) is 9.97 Å². The molecular weight excluding hydrogens is 150 g/mol. The molecule has 0 unspecified atom stereocenters. The van der Waals surface area contributed by atoms with Gasteiger partial charge in [0.25, 0.3) is 0 Å². The Morgan fingerprint density at radius 1 is 1.73 bits per heavy atom. The van der Waals surface area contributed by atoms with Crippen molar-refractivity contribution >= 4 is 5.69 Å². The van der Waals surface area contributed by atoms with Crippen molar-refractivity contribution < 1.29 is 4.92 Å². The molecule has 0 atom stereocenters. The lowest BCUT2D eigenvalue weighted by atomic mass is 10.4. The number of nitro groups is 1. The molecule has 0 aliphatic carbocycles. The first kappa shape index (κ1) is 7.39. The average Bonchev–Trinajstić information content (AvgIpc) is 1.85. The molecule has 6 heteroatoms. The zero-order valence-electron chi connectivity index (χ0n) is 5.70. The highest BCUT2D eigenvalue weighted by atomic mass is 16.6. The molecule has 0 bridgehead atoms. The van der Waals surface area contributed by atoms with Crippen LogP contribution in [0.3, 0.4) is 0 Å². The van der Waals surface area contributed by atoms with E-state index in [4.69, 9.17) is 0 Å². The van der Waals surface area contributed by atoms with E-state index < -0.39 is 16.2 Å². The van der Waals surface area contributed by atoms with Crippen LogP contribution < -0.4 is 5.56 Å². The third-order valence-corrected chi connectivity index (χ3v) is 1.19. The molecule has 1 aromatic rings. The molecule has 0 fully saturated rings. The Balaban J connectivity index is 3.45. The molecular formula is C5H5N3O3. The van der Waals surface area contributed by atoms with Crippen LogP contribution in [0.15, 0.2) is 11.1 Å². The second kappa shape index (κ2) is 2.49. The van der Waals surface area contributed by atoms with Crippen LogP contribution in [-0.4, -0.2) is 14.9 Å². The Kier molecular flexibility index (Phi) is 1.67. The lowest BCUT2D eigenvalue weighted by molar-refractivity contribution is -0.387. The fourth-order valence-corrected chi connectivity index (χ4v) is 0.697. The number of hydrogen-bond acceptors (Lipinski definition) is 4. The predicted octanol–water partition coefficient (Wildman–Crippen LogP) is -0.0135. The first-order chi connectivity index (χ1) is 5.13. The molecule has 0 saturated heterocycles. The summed E-state index contributed by atoms with van der Waals surface area (Å²) in [5.41, 5.74) is -1.09. The summed E-state index contributed by atoms with van der Waals surface area (Å²) in [6.45, 7) is 1.41. The smallest absolute Gasteiger partial charge is 0.307 e. The second-order valence-corrected chi connectivity index (χ2v) is 1.92. The third-order valence-electron chi connectivity index (χ3n) is 1.19. The quantitative estimate of drug-likeness (QED) is 0.456. The van der Waals surface area contributed by atoms with Gasteiger partial charge in [-0.1, -0.05) is 0 Å². The lowest BCUT2D eigenvalue weighted by Crippen LogP contribution is -2.13. The van der Waals surface area contributed by atoms with Gasteiger partial charge in [0.15, 0.2) is 0 Å². The van der Waals surface area contributed by atoms with Crippen LogP contribution >= 0.6 is 0 Å². The maximum atomic E-state index is 10.7. The SMILES string of the molecule is Cc1nc[nH]c(=O)c1[N+](=O)[O-]. The summed E-state index contributed by atoms with van der Waals surface area (Å²) in [5.74, 6) is 0. The van der Waals surface area contributed by atoms with E-state index in [-0.39, 0.29) is 5.69 Å². The molecule has 1 rings (SSSR count). The summed E-state index contributed by atoms with van der Waals surface area (Å²) in [7, 11) is 0. The summed E-state index contributed by atoms with van der Waals surface area (Å²) in [4.78, 5) is 25.9. The van der Waals surface area contributed by atoms with Gasteiger partial charge >= 0.3 is 11.2 Å². The Hall–Kier alpha value is -1.72. The van der Waals surface area contributed by atoms with Gasteiger partial charge in [-0.15, -0.1) is 0 Å². The number of H-pyrrole nitrogens is 1. The van der Waals surface area contributed by atoms with Crippen molar-refractivity contribution in [2.45, 2.75) is 6.92 Å². The van der Waals surface area contributed by atoms with Crippen molar-refractivity contribution in [3.63, 3.8) is 0 Å². The van der Waals surface area contributed by atoms with Gasteiger partial charge in [0, 0.05) is 0 Å². The van der Waals surface area contributed by atoms with Crippen LogP contribution in [0.5, 0.6) is 0 Å². The largest absolute Gasteiger partial charge is 0.354 e. The van der Waals surface area contributed by atoms with E-state index in [1.165, 1.54) is 6.92 Å². The second-order valence-electron chi connectivity index (χ2n) is 1.92. The van der Waals surface area contributed by atoms with Gasteiger partial charge in [0.1, 0.15) is 5.69 Å². The summed E-state index contributed by atoms with van der Waals surface area (Å²) in [6, 6.07) is 0. The minimum Gasteiger partial charge on any atom is -0.307 e. The predicted molar refractivity (Wildman–Crippen MR) is 36.2 cm³/mol. The third kappa shape index (κ3) is 1.23. The molecule has 0 aromatic carbocycles. The van der Waals surface area contributed by atoms with E-state index in [1.54, 1.807) is 0 Å². The van der Waals surface area contributed by atoms with Crippen LogP contribution in [0.1, 0.15) is 5.69 Å². The molecule has 1 heterocycles. The number of rotatable bonds is 1. The maximum absolute atomic E-state index is 10.7.